The zero-order valence-corrected chi connectivity index (χ0v) is 13.2. The lowest BCUT2D eigenvalue weighted by Crippen LogP contribution is -2.27. The maximum absolute atomic E-state index is 13.7. The minimum atomic E-state index is -1.73. The highest BCUT2D eigenvalue weighted by Crippen LogP contribution is 2.25. The fraction of sp³-hybridized carbons (Fsp3) is 0.176. The molecule has 130 valence electrons. The number of hydrogen-bond acceptors (Lipinski definition) is 3. The van der Waals surface area contributed by atoms with E-state index in [2.05, 4.69) is 10.3 Å². The Bertz CT molecular complexity index is 969. The van der Waals surface area contributed by atoms with Crippen LogP contribution in [0.15, 0.2) is 30.6 Å². The molecule has 0 atom stereocenters. The molecule has 0 aliphatic rings. The zero-order valence-electron chi connectivity index (χ0n) is 13.2. The van der Waals surface area contributed by atoms with Gasteiger partial charge in [0.15, 0.2) is 17.4 Å². The molecule has 1 amide bonds. The maximum atomic E-state index is 13.7. The number of imidazole rings is 1. The van der Waals surface area contributed by atoms with E-state index in [1.54, 1.807) is 6.20 Å². The van der Waals surface area contributed by atoms with Crippen LogP contribution in [0.3, 0.4) is 0 Å². The molecule has 0 saturated heterocycles. The summed E-state index contributed by atoms with van der Waals surface area (Å²) >= 11 is 0. The number of phenols is 1. The molecule has 3 aromatic rings. The molecule has 0 bridgehead atoms. The summed E-state index contributed by atoms with van der Waals surface area (Å²) in [6.07, 6.45) is 4.01. The normalized spacial score (nSPS) is 11.0. The largest absolute Gasteiger partial charge is 0.503 e. The predicted octanol–water partition coefficient (Wildman–Crippen LogP) is 2.74. The quantitative estimate of drug-likeness (QED) is 0.712. The summed E-state index contributed by atoms with van der Waals surface area (Å²) < 4.78 is 41.8. The highest BCUT2D eigenvalue weighted by molar-refractivity contribution is 5.94. The average molecular weight is 349 g/mol. The number of benzene rings is 1. The van der Waals surface area contributed by atoms with Crippen molar-refractivity contribution in [2.75, 3.05) is 6.54 Å². The molecule has 0 fully saturated rings. The molecule has 0 spiro atoms. The van der Waals surface area contributed by atoms with Crippen molar-refractivity contribution in [2.24, 2.45) is 0 Å². The molecule has 8 heteroatoms. The number of nitrogens with zero attached hydrogens (tertiary/aromatic N) is 2. The SMILES string of the molecule is Cc1cccn2cc(CCNC(=O)c3cc(F)c(F)c(O)c3F)nc12. The number of hydrogen-bond donors (Lipinski definition) is 2. The Balaban J connectivity index is 1.69. The Morgan fingerprint density at radius 2 is 2.08 bits per heavy atom. The highest BCUT2D eigenvalue weighted by atomic mass is 19.2. The van der Waals surface area contributed by atoms with Gasteiger partial charge in [0.2, 0.25) is 5.82 Å². The van der Waals surface area contributed by atoms with Crippen LogP contribution in [0.1, 0.15) is 21.6 Å². The van der Waals surface area contributed by atoms with Crippen molar-refractivity contribution in [1.29, 1.82) is 0 Å². The van der Waals surface area contributed by atoms with Gasteiger partial charge in [-0.2, -0.15) is 4.39 Å². The number of halogens is 3. The van der Waals surface area contributed by atoms with E-state index < -0.39 is 34.7 Å². The van der Waals surface area contributed by atoms with Crippen molar-refractivity contribution in [3.8, 4) is 5.75 Å². The first-order chi connectivity index (χ1) is 11.9. The van der Waals surface area contributed by atoms with Crippen LogP contribution in [0.4, 0.5) is 13.2 Å². The summed E-state index contributed by atoms with van der Waals surface area (Å²) in [6.45, 7) is 2.03. The van der Waals surface area contributed by atoms with Crippen LogP contribution in [0.5, 0.6) is 5.75 Å². The third-order valence-electron chi connectivity index (χ3n) is 3.77. The van der Waals surface area contributed by atoms with Crippen LogP contribution in [0, 0.1) is 24.4 Å². The number of carbonyl (C=O) groups excluding carboxylic acids is 1. The molecule has 0 saturated carbocycles. The van der Waals surface area contributed by atoms with E-state index in [1.165, 1.54) is 0 Å². The number of amides is 1. The van der Waals surface area contributed by atoms with Gasteiger partial charge >= 0.3 is 0 Å². The first-order valence-electron chi connectivity index (χ1n) is 7.46. The molecule has 0 aliphatic carbocycles. The van der Waals surface area contributed by atoms with Gasteiger partial charge in [0, 0.05) is 25.4 Å². The number of aryl methyl sites for hydroxylation is 1. The average Bonchev–Trinajstić information content (AvgIpc) is 3.00. The molecule has 25 heavy (non-hydrogen) atoms. The van der Waals surface area contributed by atoms with Gasteiger partial charge < -0.3 is 14.8 Å². The Labute approximate surface area is 140 Å². The first kappa shape index (κ1) is 16.8. The zero-order chi connectivity index (χ0) is 18.1. The number of aromatic nitrogens is 2. The van der Waals surface area contributed by atoms with Gasteiger partial charge in [-0.05, 0) is 24.6 Å². The molecule has 3 rings (SSSR count). The molecule has 0 aliphatic heterocycles. The van der Waals surface area contributed by atoms with Crippen molar-refractivity contribution in [3.05, 3.63) is 64.9 Å². The summed E-state index contributed by atoms with van der Waals surface area (Å²) in [5.41, 5.74) is 1.74. The van der Waals surface area contributed by atoms with E-state index >= 15 is 0 Å². The van der Waals surface area contributed by atoms with Crippen molar-refractivity contribution in [3.63, 3.8) is 0 Å². The number of fused-ring (bicyclic) bond motifs is 1. The molecule has 2 heterocycles. The van der Waals surface area contributed by atoms with Gasteiger partial charge in [-0.1, -0.05) is 6.07 Å². The number of rotatable bonds is 4. The Kier molecular flexibility index (Phi) is 4.35. The molecule has 2 aromatic heterocycles. The van der Waals surface area contributed by atoms with Crippen LogP contribution in [0.2, 0.25) is 0 Å². The monoisotopic (exact) mass is 349 g/mol. The van der Waals surface area contributed by atoms with Gasteiger partial charge in [0.25, 0.3) is 5.91 Å². The predicted molar refractivity (Wildman–Crippen MR) is 83.9 cm³/mol. The summed E-state index contributed by atoms with van der Waals surface area (Å²) in [7, 11) is 0. The van der Waals surface area contributed by atoms with Crippen LogP contribution >= 0.6 is 0 Å². The van der Waals surface area contributed by atoms with E-state index in [0.717, 1.165) is 11.2 Å². The minimum Gasteiger partial charge on any atom is -0.503 e. The van der Waals surface area contributed by atoms with Crippen molar-refractivity contribution in [1.82, 2.24) is 14.7 Å². The third kappa shape index (κ3) is 3.15. The van der Waals surface area contributed by atoms with E-state index in [9.17, 15) is 18.0 Å². The van der Waals surface area contributed by atoms with Crippen LogP contribution in [0.25, 0.3) is 5.65 Å². The molecule has 5 nitrogen and oxygen atoms in total. The topological polar surface area (TPSA) is 66.6 Å². The van der Waals surface area contributed by atoms with E-state index in [-0.39, 0.29) is 6.54 Å². The highest BCUT2D eigenvalue weighted by Gasteiger charge is 2.22. The van der Waals surface area contributed by atoms with Crippen molar-refractivity contribution < 1.29 is 23.1 Å². The number of phenolic OH excluding ortho intramolecular Hbond substituents is 1. The molecule has 2 N–H and O–H groups in total. The third-order valence-corrected chi connectivity index (χ3v) is 3.77. The fourth-order valence-corrected chi connectivity index (χ4v) is 2.48. The standard InChI is InChI=1S/C17H14F3N3O2/c1-9-3-2-6-23-8-10(22-16(9)23)4-5-21-17(25)11-7-12(18)14(20)15(24)13(11)19/h2-3,6-8,24H,4-5H2,1H3,(H,21,25). The minimum absolute atomic E-state index is 0.112. The lowest BCUT2D eigenvalue weighted by molar-refractivity contribution is 0.0948. The first-order valence-corrected chi connectivity index (χ1v) is 7.46. The fourth-order valence-electron chi connectivity index (χ4n) is 2.48. The van der Waals surface area contributed by atoms with E-state index in [0.29, 0.717) is 18.2 Å². The van der Waals surface area contributed by atoms with Crippen LogP contribution in [-0.2, 0) is 6.42 Å². The van der Waals surface area contributed by atoms with Gasteiger partial charge in [-0.15, -0.1) is 0 Å². The number of nitrogens with one attached hydrogen (secondary N) is 1. The Morgan fingerprint density at radius 1 is 1.32 bits per heavy atom. The van der Waals surface area contributed by atoms with Gasteiger partial charge in [-0.25, -0.2) is 13.8 Å². The van der Waals surface area contributed by atoms with Crippen LogP contribution in [-0.4, -0.2) is 26.9 Å². The van der Waals surface area contributed by atoms with Gasteiger partial charge in [0.05, 0.1) is 11.3 Å². The Morgan fingerprint density at radius 3 is 2.80 bits per heavy atom. The second-order valence-electron chi connectivity index (χ2n) is 5.54. The second-order valence-corrected chi connectivity index (χ2v) is 5.54. The number of aromatic hydroxyl groups is 1. The van der Waals surface area contributed by atoms with Crippen LogP contribution < -0.4 is 5.32 Å². The maximum Gasteiger partial charge on any atom is 0.254 e. The number of pyridine rings is 1. The molecule has 0 radical (unpaired) electrons. The Hall–Kier alpha value is -3.03. The summed E-state index contributed by atoms with van der Waals surface area (Å²) in [5, 5.41) is 11.5. The van der Waals surface area contributed by atoms with Crippen molar-refractivity contribution >= 4 is 11.6 Å². The lowest BCUT2D eigenvalue weighted by atomic mass is 10.1. The summed E-state index contributed by atoms with van der Waals surface area (Å²) in [4.78, 5) is 16.3. The second kappa shape index (κ2) is 6.46. The summed E-state index contributed by atoms with van der Waals surface area (Å²) in [5.74, 6) is -7.19. The van der Waals surface area contributed by atoms with Gasteiger partial charge in [-0.3, -0.25) is 4.79 Å². The van der Waals surface area contributed by atoms with E-state index in [4.69, 9.17) is 5.11 Å². The smallest absolute Gasteiger partial charge is 0.254 e. The summed E-state index contributed by atoms with van der Waals surface area (Å²) in [6, 6.07) is 4.22. The molecular weight excluding hydrogens is 335 g/mol. The van der Waals surface area contributed by atoms with E-state index in [1.807, 2.05) is 29.7 Å². The molecular formula is C17H14F3N3O2. The van der Waals surface area contributed by atoms with Crippen molar-refractivity contribution in [2.45, 2.75) is 13.3 Å². The lowest BCUT2D eigenvalue weighted by Gasteiger charge is -2.07. The molecule has 0 unspecified atom stereocenters. The molecule has 1 aromatic carbocycles. The van der Waals surface area contributed by atoms with Gasteiger partial charge in [0.1, 0.15) is 5.65 Å². The number of carbonyl (C=O) groups is 1.